The van der Waals surface area contributed by atoms with Crippen LogP contribution >= 0.6 is 0 Å². The van der Waals surface area contributed by atoms with Crippen LogP contribution in [0.15, 0.2) is 48.0 Å². The summed E-state index contributed by atoms with van der Waals surface area (Å²) in [7, 11) is 0. The molecule has 0 aromatic heterocycles. The molecule has 2 aromatic carbocycles. The van der Waals surface area contributed by atoms with Crippen LogP contribution in [0.25, 0.3) is 5.57 Å². The first-order valence-corrected chi connectivity index (χ1v) is 10.2. The number of hydrogen-bond acceptors (Lipinski definition) is 1. The number of carbonyl (C=O) groups excluding carboxylic acids is 1. The predicted octanol–water partition coefficient (Wildman–Crippen LogP) is 7.48. The molecule has 0 radical (unpaired) electrons. The summed E-state index contributed by atoms with van der Waals surface area (Å²) in [5, 5.41) is 0. The fourth-order valence-corrected chi connectivity index (χ4v) is 3.66. The minimum absolute atomic E-state index is 0.156. The lowest BCUT2D eigenvalue weighted by atomic mass is 9.79. The van der Waals surface area contributed by atoms with E-state index in [-0.39, 0.29) is 5.78 Å². The van der Waals surface area contributed by atoms with E-state index in [0.717, 1.165) is 24.3 Å². The van der Waals surface area contributed by atoms with Crippen LogP contribution in [-0.4, -0.2) is 5.78 Å². The Morgan fingerprint density at radius 1 is 1.00 bits per heavy atom. The maximum absolute atomic E-state index is 11.6. The summed E-state index contributed by atoms with van der Waals surface area (Å²) >= 11 is 0. The van der Waals surface area contributed by atoms with Crippen LogP contribution in [0, 0.1) is 26.7 Å². The van der Waals surface area contributed by atoms with Gasteiger partial charge in [-0.1, -0.05) is 66.9 Å². The maximum Gasteiger partial charge on any atom is 0.159 e. The summed E-state index contributed by atoms with van der Waals surface area (Å²) in [6, 6.07) is 14.6. The minimum atomic E-state index is 0.156. The highest BCUT2D eigenvalue weighted by molar-refractivity contribution is 5.95. The van der Waals surface area contributed by atoms with Gasteiger partial charge in [0.05, 0.1) is 0 Å². The third-order valence-corrected chi connectivity index (χ3v) is 5.53. The van der Waals surface area contributed by atoms with Crippen LogP contribution in [-0.2, 0) is 0 Å². The normalized spacial score (nSPS) is 16.6. The molecular formula is C26H34O. The zero-order valence-corrected chi connectivity index (χ0v) is 17.9. The Kier molecular flexibility index (Phi) is 7.59. The Labute approximate surface area is 165 Å². The highest BCUT2D eigenvalue weighted by atomic mass is 16.1. The number of allylic oxidation sites excluding steroid dienone is 2. The molecule has 0 aliphatic heterocycles. The number of carbonyl (C=O) groups is 1. The molecule has 1 aliphatic rings. The van der Waals surface area contributed by atoms with E-state index in [1.807, 2.05) is 6.07 Å². The van der Waals surface area contributed by atoms with E-state index in [4.69, 9.17) is 0 Å². The van der Waals surface area contributed by atoms with Gasteiger partial charge in [-0.3, -0.25) is 4.79 Å². The summed E-state index contributed by atoms with van der Waals surface area (Å²) in [4.78, 5) is 11.6. The molecule has 3 rings (SSSR count). The van der Waals surface area contributed by atoms with Gasteiger partial charge in [0.2, 0.25) is 0 Å². The molecule has 1 atom stereocenters. The Hall–Kier alpha value is -2.15. The van der Waals surface area contributed by atoms with Crippen LogP contribution in [0.4, 0.5) is 0 Å². The SMILES string of the molecule is CCC1=C(c2cc(C(C)=O)ccc2C)CC(C)CC1.Cc1ccc(C)cc1. The van der Waals surface area contributed by atoms with Crippen LogP contribution < -0.4 is 0 Å². The number of ketones is 1. The van der Waals surface area contributed by atoms with Crippen molar-refractivity contribution >= 4 is 11.4 Å². The molecule has 0 saturated carbocycles. The number of Topliss-reactive ketones (excluding diaryl/α,β-unsaturated/α-hetero) is 1. The van der Waals surface area contributed by atoms with Gasteiger partial charge in [-0.15, -0.1) is 0 Å². The van der Waals surface area contributed by atoms with Gasteiger partial charge in [-0.25, -0.2) is 0 Å². The van der Waals surface area contributed by atoms with Crippen molar-refractivity contribution in [1.82, 2.24) is 0 Å². The van der Waals surface area contributed by atoms with Crippen LogP contribution in [0.5, 0.6) is 0 Å². The van der Waals surface area contributed by atoms with Gasteiger partial charge in [-0.05, 0) is 82.1 Å². The summed E-state index contributed by atoms with van der Waals surface area (Å²) in [6.07, 6.45) is 4.81. The van der Waals surface area contributed by atoms with Crippen molar-refractivity contribution in [2.45, 2.75) is 67.2 Å². The predicted molar refractivity (Wildman–Crippen MR) is 117 cm³/mol. The third kappa shape index (κ3) is 5.92. The second kappa shape index (κ2) is 9.69. The van der Waals surface area contributed by atoms with Crippen LogP contribution in [0.3, 0.4) is 0 Å². The fraction of sp³-hybridized carbons (Fsp3) is 0.423. The van der Waals surface area contributed by atoms with Crippen LogP contribution in [0.1, 0.15) is 79.1 Å². The molecule has 0 spiro atoms. The van der Waals surface area contributed by atoms with Crippen molar-refractivity contribution in [3.63, 3.8) is 0 Å². The number of aryl methyl sites for hydroxylation is 3. The average molecular weight is 363 g/mol. The van der Waals surface area contributed by atoms with Gasteiger partial charge in [0.25, 0.3) is 0 Å². The molecule has 0 bridgehead atoms. The topological polar surface area (TPSA) is 17.1 Å². The van der Waals surface area contributed by atoms with Crippen LogP contribution in [0.2, 0.25) is 0 Å². The second-order valence-electron chi connectivity index (χ2n) is 8.02. The summed E-state index contributed by atoms with van der Waals surface area (Å²) in [5.74, 6) is 0.912. The van der Waals surface area contributed by atoms with E-state index in [0.29, 0.717) is 0 Å². The van der Waals surface area contributed by atoms with E-state index in [1.165, 1.54) is 40.7 Å². The van der Waals surface area contributed by atoms with Crippen molar-refractivity contribution in [3.05, 3.63) is 75.9 Å². The van der Waals surface area contributed by atoms with Gasteiger partial charge in [0.15, 0.2) is 5.78 Å². The Balaban J connectivity index is 0.000000273. The van der Waals surface area contributed by atoms with E-state index >= 15 is 0 Å². The average Bonchev–Trinajstić information content (AvgIpc) is 2.65. The number of hydrogen-bond donors (Lipinski definition) is 0. The van der Waals surface area contributed by atoms with E-state index < -0.39 is 0 Å². The lowest BCUT2D eigenvalue weighted by molar-refractivity contribution is 0.101. The lowest BCUT2D eigenvalue weighted by Gasteiger charge is -2.26. The fourth-order valence-electron chi connectivity index (χ4n) is 3.66. The Bertz CT molecular complexity index is 788. The third-order valence-electron chi connectivity index (χ3n) is 5.53. The first-order valence-electron chi connectivity index (χ1n) is 10.2. The Morgan fingerprint density at radius 3 is 2.11 bits per heavy atom. The number of benzene rings is 2. The summed E-state index contributed by atoms with van der Waals surface area (Å²) < 4.78 is 0. The molecule has 0 heterocycles. The van der Waals surface area contributed by atoms with Gasteiger partial charge in [-0.2, -0.15) is 0 Å². The smallest absolute Gasteiger partial charge is 0.159 e. The molecule has 27 heavy (non-hydrogen) atoms. The highest BCUT2D eigenvalue weighted by Crippen LogP contribution is 2.38. The van der Waals surface area contributed by atoms with Crippen molar-refractivity contribution in [1.29, 1.82) is 0 Å². The molecule has 1 aliphatic carbocycles. The molecule has 0 fully saturated rings. The van der Waals surface area contributed by atoms with E-state index in [1.54, 1.807) is 12.5 Å². The van der Waals surface area contributed by atoms with E-state index in [2.05, 4.69) is 71.0 Å². The van der Waals surface area contributed by atoms with Gasteiger partial charge >= 0.3 is 0 Å². The molecule has 1 unspecified atom stereocenters. The molecule has 0 saturated heterocycles. The van der Waals surface area contributed by atoms with Crippen molar-refractivity contribution in [2.75, 3.05) is 0 Å². The maximum atomic E-state index is 11.6. The molecule has 2 aromatic rings. The monoisotopic (exact) mass is 362 g/mol. The molecule has 0 amide bonds. The first kappa shape index (κ1) is 21.2. The number of rotatable bonds is 3. The second-order valence-corrected chi connectivity index (χ2v) is 8.02. The molecule has 0 N–H and O–H groups in total. The van der Waals surface area contributed by atoms with Gasteiger partial charge < -0.3 is 0 Å². The largest absolute Gasteiger partial charge is 0.295 e. The standard InChI is InChI=1S/C18H24O.C8H10/c1-5-15-8-6-12(2)10-18(15)17-11-16(14(4)19)9-7-13(17)3;1-7-3-5-8(2)6-4-7/h7,9,11-12H,5-6,8,10H2,1-4H3;3-6H,1-2H3. The minimum Gasteiger partial charge on any atom is -0.295 e. The first-order chi connectivity index (χ1) is 12.8. The quantitative estimate of drug-likeness (QED) is 0.517. The molecule has 1 heteroatoms. The molecular weight excluding hydrogens is 328 g/mol. The highest BCUT2D eigenvalue weighted by Gasteiger charge is 2.19. The summed E-state index contributed by atoms with van der Waals surface area (Å²) in [5.41, 5.74) is 9.17. The zero-order chi connectivity index (χ0) is 20.0. The Morgan fingerprint density at radius 2 is 1.59 bits per heavy atom. The van der Waals surface area contributed by atoms with Crippen molar-refractivity contribution < 1.29 is 4.79 Å². The molecule has 1 nitrogen and oxygen atoms in total. The lowest BCUT2D eigenvalue weighted by Crippen LogP contribution is -2.08. The summed E-state index contributed by atoms with van der Waals surface area (Å²) in [6.45, 7) is 12.6. The van der Waals surface area contributed by atoms with Gasteiger partial charge in [0, 0.05) is 5.56 Å². The molecule has 144 valence electrons. The zero-order valence-electron chi connectivity index (χ0n) is 17.9. The van der Waals surface area contributed by atoms with Gasteiger partial charge in [0.1, 0.15) is 0 Å². The van der Waals surface area contributed by atoms with E-state index in [9.17, 15) is 4.79 Å². The van der Waals surface area contributed by atoms with Crippen molar-refractivity contribution in [3.8, 4) is 0 Å². The van der Waals surface area contributed by atoms with Crippen molar-refractivity contribution in [2.24, 2.45) is 5.92 Å².